The summed E-state index contributed by atoms with van der Waals surface area (Å²) in [6, 6.07) is 19.4. The van der Waals surface area contributed by atoms with E-state index < -0.39 is 0 Å². The van der Waals surface area contributed by atoms with Crippen LogP contribution < -0.4 is 19.0 Å². The summed E-state index contributed by atoms with van der Waals surface area (Å²) in [5, 5.41) is 16.9. The summed E-state index contributed by atoms with van der Waals surface area (Å²) in [6.07, 6.45) is 2.52. The molecular weight excluding hydrogens is 542 g/mol. The van der Waals surface area contributed by atoms with Gasteiger partial charge in [0.15, 0.2) is 11.5 Å². The molecule has 0 saturated carbocycles. The van der Waals surface area contributed by atoms with Gasteiger partial charge in [0.25, 0.3) is 0 Å². The number of nitrogens with zero attached hydrogens (tertiary/aromatic N) is 3. The van der Waals surface area contributed by atoms with Crippen molar-refractivity contribution in [3.8, 4) is 34.3 Å². The molecule has 0 fully saturated rings. The van der Waals surface area contributed by atoms with Crippen LogP contribution in [-0.4, -0.2) is 43.9 Å². The lowest BCUT2D eigenvalue weighted by Crippen LogP contribution is -2.13. The fourth-order valence-electron chi connectivity index (χ4n) is 3.59. The fraction of sp³-hybridized carbons (Fsp3) is 0.185. The summed E-state index contributed by atoms with van der Waals surface area (Å²) in [4.78, 5) is 5.59. The van der Waals surface area contributed by atoms with Gasteiger partial charge < -0.3 is 19.3 Å². The normalized spacial score (nSPS) is 11.7. The van der Waals surface area contributed by atoms with Crippen LogP contribution in [0.1, 0.15) is 11.1 Å². The number of hydrogen-bond acceptors (Lipinski definition) is 7. The number of aromatic nitrogens is 1. The lowest BCUT2D eigenvalue weighted by atomic mass is 10.1. The summed E-state index contributed by atoms with van der Waals surface area (Å²) in [5.74, 6) is 1.80. The van der Waals surface area contributed by atoms with E-state index in [9.17, 15) is 5.11 Å². The number of phenols is 1. The number of ether oxygens (including phenoxy) is 3. The minimum atomic E-state index is 0.0382. The number of rotatable bonds is 9. The fourth-order valence-corrected chi connectivity index (χ4v) is 4.91. The third-order valence-electron chi connectivity index (χ3n) is 5.45. The van der Waals surface area contributed by atoms with Gasteiger partial charge in [-0.05, 0) is 63.8 Å². The average Bonchev–Trinajstić information content (AvgIpc) is 3.31. The molecule has 186 valence electrons. The van der Waals surface area contributed by atoms with Gasteiger partial charge in [0.2, 0.25) is 4.80 Å². The van der Waals surface area contributed by atoms with Crippen molar-refractivity contribution >= 4 is 33.5 Å². The Hall–Kier alpha value is -3.56. The van der Waals surface area contributed by atoms with Crippen molar-refractivity contribution in [2.45, 2.75) is 6.42 Å². The lowest BCUT2D eigenvalue weighted by Gasteiger charge is -2.11. The molecule has 0 atom stereocenters. The van der Waals surface area contributed by atoms with Crippen molar-refractivity contribution in [1.82, 2.24) is 4.68 Å². The maximum absolute atomic E-state index is 10.1. The summed E-state index contributed by atoms with van der Waals surface area (Å²) >= 11 is 4.87. The van der Waals surface area contributed by atoms with E-state index in [1.807, 2.05) is 41.8 Å². The van der Waals surface area contributed by atoms with Crippen molar-refractivity contribution in [1.29, 1.82) is 0 Å². The molecule has 0 radical (unpaired) electrons. The molecule has 1 N–H and O–H groups in total. The highest BCUT2D eigenvalue weighted by Gasteiger charge is 2.14. The molecule has 9 heteroatoms. The Kier molecular flexibility index (Phi) is 8.45. The molecule has 3 aromatic carbocycles. The Morgan fingerprint density at radius 2 is 1.75 bits per heavy atom. The van der Waals surface area contributed by atoms with Gasteiger partial charge in [-0.25, -0.2) is 4.68 Å². The van der Waals surface area contributed by atoms with Crippen LogP contribution in [0.2, 0.25) is 0 Å². The second kappa shape index (κ2) is 11.9. The number of hydrogen-bond donors (Lipinski definition) is 1. The summed E-state index contributed by atoms with van der Waals surface area (Å²) in [7, 11) is 4.77. The first-order valence-electron chi connectivity index (χ1n) is 11.1. The van der Waals surface area contributed by atoms with Crippen molar-refractivity contribution in [2.75, 3.05) is 27.9 Å². The maximum Gasteiger partial charge on any atom is 0.206 e. The zero-order valence-corrected chi connectivity index (χ0v) is 22.5. The van der Waals surface area contributed by atoms with Crippen molar-refractivity contribution in [3.05, 3.63) is 86.4 Å². The third-order valence-corrected chi connectivity index (χ3v) is 6.91. The number of thiazole rings is 1. The molecule has 0 spiro atoms. The largest absolute Gasteiger partial charge is 0.503 e. The molecule has 0 aliphatic heterocycles. The minimum absolute atomic E-state index is 0.0382. The number of phenolic OH excluding ortho intramolecular Hbond substituents is 1. The molecule has 0 saturated heterocycles. The van der Waals surface area contributed by atoms with Gasteiger partial charge in [-0.3, -0.25) is 4.99 Å². The molecule has 4 aromatic rings. The molecule has 36 heavy (non-hydrogen) atoms. The van der Waals surface area contributed by atoms with Crippen LogP contribution in [0.5, 0.6) is 23.0 Å². The van der Waals surface area contributed by atoms with Gasteiger partial charge in [0, 0.05) is 17.5 Å². The number of halogens is 1. The third kappa shape index (κ3) is 5.80. The van der Waals surface area contributed by atoms with Crippen LogP contribution >= 0.6 is 27.3 Å². The van der Waals surface area contributed by atoms with Crippen LogP contribution in [0.3, 0.4) is 0 Å². The molecular formula is C27H26BrN3O4S. The van der Waals surface area contributed by atoms with E-state index in [1.165, 1.54) is 24.0 Å². The average molecular weight is 568 g/mol. The minimum Gasteiger partial charge on any atom is -0.503 e. The molecule has 0 aliphatic rings. The van der Waals surface area contributed by atoms with Crippen LogP contribution in [0.15, 0.2) is 80.6 Å². The van der Waals surface area contributed by atoms with Crippen molar-refractivity contribution in [2.24, 2.45) is 10.1 Å². The van der Waals surface area contributed by atoms with E-state index in [0.717, 1.165) is 28.0 Å². The highest BCUT2D eigenvalue weighted by Crippen LogP contribution is 2.35. The SMILES string of the molecule is COc1ccc(OC)c(-c2csc(=NCCc3ccccc3)n2N=Cc2cc(Br)c(O)c(OC)c2)c1. The Morgan fingerprint density at radius 3 is 2.47 bits per heavy atom. The Morgan fingerprint density at radius 1 is 0.972 bits per heavy atom. The van der Waals surface area contributed by atoms with E-state index in [-0.39, 0.29) is 5.75 Å². The molecule has 0 aliphatic carbocycles. The lowest BCUT2D eigenvalue weighted by molar-refractivity contribution is 0.372. The van der Waals surface area contributed by atoms with Crippen LogP contribution in [0, 0.1) is 0 Å². The topological polar surface area (TPSA) is 77.6 Å². The highest BCUT2D eigenvalue weighted by molar-refractivity contribution is 9.10. The number of aromatic hydroxyl groups is 1. The van der Waals surface area contributed by atoms with E-state index in [2.05, 4.69) is 28.1 Å². The first-order chi connectivity index (χ1) is 17.5. The van der Waals surface area contributed by atoms with E-state index >= 15 is 0 Å². The molecule has 1 aromatic heterocycles. The zero-order valence-electron chi connectivity index (χ0n) is 20.1. The van der Waals surface area contributed by atoms with Crippen molar-refractivity contribution < 1.29 is 19.3 Å². The molecule has 0 unspecified atom stereocenters. The molecule has 1 heterocycles. The summed E-state index contributed by atoms with van der Waals surface area (Å²) in [5.41, 5.74) is 3.62. The predicted octanol–water partition coefficient (Wildman–Crippen LogP) is 5.74. The Labute approximate surface area is 222 Å². The smallest absolute Gasteiger partial charge is 0.206 e. The maximum atomic E-state index is 10.1. The van der Waals surface area contributed by atoms with E-state index in [1.54, 1.807) is 37.2 Å². The van der Waals surface area contributed by atoms with Gasteiger partial charge in [0.05, 0.1) is 37.7 Å². The van der Waals surface area contributed by atoms with Gasteiger partial charge in [-0.1, -0.05) is 30.3 Å². The monoisotopic (exact) mass is 567 g/mol. The Balaban J connectivity index is 1.79. The standard InChI is InChI=1S/C27H26BrN3O4S/c1-33-20-9-10-24(34-2)21(15-20)23-17-36-27(29-12-11-18-7-5-4-6-8-18)31(23)30-16-19-13-22(28)26(32)25(14-19)35-3/h4-10,13-17,32H,11-12H2,1-3H3. The molecule has 4 rings (SSSR count). The highest BCUT2D eigenvalue weighted by atomic mass is 79.9. The van der Waals surface area contributed by atoms with Crippen LogP contribution in [0.4, 0.5) is 0 Å². The summed E-state index contributed by atoms with van der Waals surface area (Å²) < 4.78 is 18.7. The second-order valence-electron chi connectivity index (χ2n) is 7.70. The number of benzene rings is 3. The Bertz CT molecular complexity index is 1430. The molecule has 7 nitrogen and oxygen atoms in total. The van der Waals surface area contributed by atoms with Crippen LogP contribution in [0.25, 0.3) is 11.3 Å². The van der Waals surface area contributed by atoms with Crippen molar-refractivity contribution in [3.63, 3.8) is 0 Å². The molecule has 0 amide bonds. The zero-order chi connectivity index (χ0) is 25.5. The number of methoxy groups -OCH3 is 3. The van der Waals surface area contributed by atoms with Gasteiger partial charge in [-0.15, -0.1) is 11.3 Å². The van der Waals surface area contributed by atoms with E-state index in [4.69, 9.17) is 24.3 Å². The first kappa shape index (κ1) is 25.5. The van der Waals surface area contributed by atoms with Crippen LogP contribution in [-0.2, 0) is 6.42 Å². The summed E-state index contributed by atoms with van der Waals surface area (Å²) in [6.45, 7) is 0.618. The second-order valence-corrected chi connectivity index (χ2v) is 9.39. The van der Waals surface area contributed by atoms with E-state index in [0.29, 0.717) is 28.3 Å². The first-order valence-corrected chi connectivity index (χ1v) is 12.8. The quantitative estimate of drug-likeness (QED) is 0.262. The van der Waals surface area contributed by atoms with Gasteiger partial charge >= 0.3 is 0 Å². The predicted molar refractivity (Wildman–Crippen MR) is 147 cm³/mol. The van der Waals surface area contributed by atoms with Gasteiger partial charge in [-0.2, -0.15) is 5.10 Å². The molecule has 0 bridgehead atoms. The van der Waals surface area contributed by atoms with Gasteiger partial charge in [0.1, 0.15) is 11.5 Å².